The van der Waals surface area contributed by atoms with Crippen LogP contribution in [0.25, 0.3) is 0 Å². The third-order valence-corrected chi connectivity index (χ3v) is 2.80. The maximum atomic E-state index is 12.0. The van der Waals surface area contributed by atoms with Gasteiger partial charge in [-0.15, -0.1) is 0 Å². The Labute approximate surface area is 118 Å². The van der Waals surface area contributed by atoms with Crippen molar-refractivity contribution in [3.8, 4) is 0 Å². The Hall–Kier alpha value is -2.22. The van der Waals surface area contributed by atoms with Crippen LogP contribution in [0.5, 0.6) is 0 Å². The number of hydrogen-bond donors (Lipinski definition) is 2. The largest absolute Gasteiger partial charge is 0.480 e. The highest BCUT2D eigenvalue weighted by Crippen LogP contribution is 2.26. The molecule has 0 saturated carbocycles. The van der Waals surface area contributed by atoms with Gasteiger partial charge in [0.15, 0.2) is 0 Å². The van der Waals surface area contributed by atoms with Crippen molar-refractivity contribution in [1.82, 2.24) is 10.3 Å². The van der Waals surface area contributed by atoms with Gasteiger partial charge in [-0.2, -0.15) is 0 Å². The molecule has 0 aliphatic rings. The third kappa shape index (κ3) is 3.41. The molecule has 1 unspecified atom stereocenters. The highest BCUT2D eigenvalue weighted by molar-refractivity contribution is 6.32. The Morgan fingerprint density at radius 3 is 2.55 bits per heavy atom. The van der Waals surface area contributed by atoms with E-state index in [4.69, 9.17) is 16.7 Å². The molecule has 1 amide bonds. The van der Waals surface area contributed by atoms with E-state index in [9.17, 15) is 19.7 Å². The Morgan fingerprint density at radius 1 is 1.50 bits per heavy atom. The second kappa shape index (κ2) is 6.29. The summed E-state index contributed by atoms with van der Waals surface area (Å²) in [5, 5.41) is 21.7. The van der Waals surface area contributed by atoms with E-state index in [1.54, 1.807) is 13.8 Å². The number of halogens is 1. The van der Waals surface area contributed by atoms with Crippen molar-refractivity contribution in [2.75, 3.05) is 0 Å². The van der Waals surface area contributed by atoms with Crippen LogP contribution in [-0.2, 0) is 4.79 Å². The molecule has 2 N–H and O–H groups in total. The Morgan fingerprint density at radius 2 is 2.10 bits per heavy atom. The summed E-state index contributed by atoms with van der Waals surface area (Å²) in [6.45, 7) is 3.21. The number of nitrogens with one attached hydrogen (secondary N) is 1. The molecule has 0 radical (unpaired) electrons. The number of carbonyl (C=O) groups is 2. The lowest BCUT2D eigenvalue weighted by Crippen LogP contribution is -2.44. The number of hydrogen-bond acceptors (Lipinski definition) is 5. The first-order chi connectivity index (χ1) is 9.25. The summed E-state index contributed by atoms with van der Waals surface area (Å²) in [5.41, 5.74) is -0.985. The highest BCUT2D eigenvalue weighted by atomic mass is 35.5. The van der Waals surface area contributed by atoms with E-state index in [1.165, 1.54) is 0 Å². The van der Waals surface area contributed by atoms with Crippen molar-refractivity contribution < 1.29 is 19.6 Å². The monoisotopic (exact) mass is 301 g/mol. The quantitative estimate of drug-likeness (QED) is 0.482. The molecule has 108 valence electrons. The minimum absolute atomic E-state index is 0.332. The molecule has 8 nitrogen and oxygen atoms in total. The van der Waals surface area contributed by atoms with Gasteiger partial charge in [0.25, 0.3) is 5.91 Å². The molecule has 0 bridgehead atoms. The summed E-state index contributed by atoms with van der Waals surface area (Å²) >= 11 is 5.58. The van der Waals surface area contributed by atoms with Gasteiger partial charge in [-0.25, -0.2) is 9.78 Å². The maximum absolute atomic E-state index is 12.0. The Kier molecular flexibility index (Phi) is 4.98. The molecule has 1 heterocycles. The van der Waals surface area contributed by atoms with Crippen molar-refractivity contribution in [1.29, 1.82) is 0 Å². The molecular formula is C11H12ClN3O5. The predicted octanol–water partition coefficient (Wildman–Crippen LogP) is 1.48. The minimum atomic E-state index is -1.23. The van der Waals surface area contributed by atoms with Crippen LogP contribution in [0.1, 0.15) is 24.2 Å². The van der Waals surface area contributed by atoms with E-state index in [0.717, 1.165) is 12.3 Å². The van der Waals surface area contributed by atoms with Crippen LogP contribution < -0.4 is 5.32 Å². The van der Waals surface area contributed by atoms with E-state index in [1.807, 2.05) is 0 Å². The number of pyridine rings is 1. The number of carboxylic acids is 1. The molecule has 0 aromatic carbocycles. The van der Waals surface area contributed by atoms with Crippen molar-refractivity contribution >= 4 is 29.2 Å². The number of aromatic nitrogens is 1. The lowest BCUT2D eigenvalue weighted by molar-refractivity contribution is -0.385. The van der Waals surface area contributed by atoms with Gasteiger partial charge in [-0.3, -0.25) is 14.9 Å². The fraction of sp³-hybridized carbons (Fsp3) is 0.364. The number of aliphatic carboxylic acids is 1. The average Bonchev–Trinajstić information content (AvgIpc) is 2.33. The van der Waals surface area contributed by atoms with Gasteiger partial charge in [0.2, 0.25) is 5.15 Å². The summed E-state index contributed by atoms with van der Waals surface area (Å²) in [5.74, 6) is -2.49. The molecular weight excluding hydrogens is 290 g/mol. The van der Waals surface area contributed by atoms with Crippen LogP contribution in [0, 0.1) is 16.0 Å². The molecule has 1 aromatic heterocycles. The summed E-state index contributed by atoms with van der Waals surface area (Å²) < 4.78 is 0. The fourth-order valence-corrected chi connectivity index (χ4v) is 1.75. The molecule has 1 atom stereocenters. The smallest absolute Gasteiger partial charge is 0.326 e. The van der Waals surface area contributed by atoms with Crippen LogP contribution in [-0.4, -0.2) is 32.9 Å². The molecule has 0 aliphatic carbocycles. The van der Waals surface area contributed by atoms with Gasteiger partial charge in [0.05, 0.1) is 4.92 Å². The number of rotatable bonds is 5. The van der Waals surface area contributed by atoms with Gasteiger partial charge < -0.3 is 10.4 Å². The summed E-state index contributed by atoms with van der Waals surface area (Å²) in [6, 6.07) is -0.0486. The van der Waals surface area contributed by atoms with E-state index >= 15 is 0 Å². The molecule has 0 aliphatic heterocycles. The van der Waals surface area contributed by atoms with Crippen molar-refractivity contribution in [3.63, 3.8) is 0 Å². The number of nitrogens with zero attached hydrogens (tertiary/aromatic N) is 2. The average molecular weight is 302 g/mol. The van der Waals surface area contributed by atoms with Gasteiger partial charge in [0.1, 0.15) is 11.6 Å². The van der Waals surface area contributed by atoms with Crippen molar-refractivity contribution in [2.24, 2.45) is 5.92 Å². The lowest BCUT2D eigenvalue weighted by Gasteiger charge is -2.17. The minimum Gasteiger partial charge on any atom is -0.480 e. The normalized spacial score (nSPS) is 12.0. The van der Waals surface area contributed by atoms with Gasteiger partial charge >= 0.3 is 11.7 Å². The van der Waals surface area contributed by atoms with Crippen molar-refractivity contribution in [3.05, 3.63) is 33.1 Å². The summed E-state index contributed by atoms with van der Waals surface area (Å²) in [6.07, 6.45) is 1.13. The molecule has 1 rings (SSSR count). The standard InChI is InChI=1S/C11H12ClN3O5/c1-5(2)7(11(17)18)14-10(16)6-3-4-13-9(12)8(6)15(19)20/h3-5,7H,1-2H3,(H,14,16)(H,17,18). The molecule has 1 aromatic rings. The van der Waals surface area contributed by atoms with Gasteiger partial charge in [-0.1, -0.05) is 25.4 Å². The highest BCUT2D eigenvalue weighted by Gasteiger charge is 2.29. The Balaban J connectivity index is 3.13. The maximum Gasteiger partial charge on any atom is 0.326 e. The Bertz CT molecular complexity index is 561. The van der Waals surface area contributed by atoms with Crippen LogP contribution in [0.4, 0.5) is 5.69 Å². The fourth-order valence-electron chi connectivity index (χ4n) is 1.52. The SMILES string of the molecule is CC(C)C(NC(=O)c1ccnc(Cl)c1[N+](=O)[O-])C(=O)O. The predicted molar refractivity (Wildman–Crippen MR) is 69.6 cm³/mol. The number of nitro groups is 1. The summed E-state index contributed by atoms with van der Waals surface area (Å²) in [4.78, 5) is 36.6. The zero-order valence-corrected chi connectivity index (χ0v) is 11.4. The third-order valence-electron chi connectivity index (χ3n) is 2.53. The van der Waals surface area contributed by atoms with Crippen LogP contribution in [0.3, 0.4) is 0 Å². The summed E-state index contributed by atoms with van der Waals surface area (Å²) in [7, 11) is 0. The zero-order valence-electron chi connectivity index (χ0n) is 10.7. The van der Waals surface area contributed by atoms with E-state index < -0.39 is 33.7 Å². The van der Waals surface area contributed by atoms with Gasteiger partial charge in [0, 0.05) is 6.20 Å². The topological polar surface area (TPSA) is 122 Å². The van der Waals surface area contributed by atoms with Crippen molar-refractivity contribution in [2.45, 2.75) is 19.9 Å². The molecule has 9 heteroatoms. The van der Waals surface area contributed by atoms with E-state index in [0.29, 0.717) is 0 Å². The van der Waals surface area contributed by atoms with E-state index in [-0.39, 0.29) is 11.5 Å². The number of carbonyl (C=O) groups excluding carboxylic acids is 1. The molecule has 0 fully saturated rings. The molecule has 0 spiro atoms. The second-order valence-corrected chi connectivity index (χ2v) is 4.65. The van der Waals surface area contributed by atoms with Crippen LogP contribution in [0.15, 0.2) is 12.3 Å². The number of amides is 1. The number of carboxylic acid groups (broad SMARTS) is 1. The van der Waals surface area contributed by atoms with Crippen LogP contribution >= 0.6 is 11.6 Å². The zero-order chi connectivity index (χ0) is 15.4. The molecule has 0 saturated heterocycles. The second-order valence-electron chi connectivity index (χ2n) is 4.29. The van der Waals surface area contributed by atoms with E-state index in [2.05, 4.69) is 10.3 Å². The lowest BCUT2D eigenvalue weighted by atomic mass is 10.0. The molecule has 20 heavy (non-hydrogen) atoms. The first kappa shape index (κ1) is 15.8. The first-order valence-corrected chi connectivity index (χ1v) is 5.96. The van der Waals surface area contributed by atoms with Crippen LogP contribution in [0.2, 0.25) is 5.15 Å². The first-order valence-electron chi connectivity index (χ1n) is 5.58. The van der Waals surface area contributed by atoms with Gasteiger partial charge in [-0.05, 0) is 12.0 Å².